The maximum Gasteiger partial charge on any atom is 0.250 e. The molecule has 0 aromatic heterocycles. The third-order valence-electron chi connectivity index (χ3n) is 4.76. The number of hydrogen-bond donors (Lipinski definition) is 1. The summed E-state index contributed by atoms with van der Waals surface area (Å²) in [6, 6.07) is 5.50. The molecule has 1 aromatic carbocycles. The largest absolute Gasteiger partial charge is 0.543 e. The topological polar surface area (TPSA) is 52.3 Å². The van der Waals surface area contributed by atoms with E-state index in [0.29, 0.717) is 17.7 Å². The molecule has 23 heavy (non-hydrogen) atoms. The number of nitrogens with two attached hydrogens (primary N) is 1. The molecule has 4 heteroatoms. The van der Waals surface area contributed by atoms with Crippen LogP contribution in [0.15, 0.2) is 18.2 Å². The summed E-state index contributed by atoms with van der Waals surface area (Å²) in [6.07, 6.45) is 4.94. The molecular weight excluding hydrogens is 302 g/mol. The quantitative estimate of drug-likeness (QED) is 0.282. The number of carbonyl (C=O) groups excluding carboxylic acids is 1. The summed E-state index contributed by atoms with van der Waals surface area (Å²) in [7, 11) is -1.91. The molecule has 0 aliphatic carbocycles. The van der Waals surface area contributed by atoms with Crippen LogP contribution in [0.25, 0.3) is 0 Å². The van der Waals surface area contributed by atoms with E-state index in [1.165, 1.54) is 12.8 Å². The van der Waals surface area contributed by atoms with Gasteiger partial charge in [-0.1, -0.05) is 47.0 Å². The van der Waals surface area contributed by atoms with Crippen molar-refractivity contribution in [1.29, 1.82) is 0 Å². The fourth-order valence-electron chi connectivity index (χ4n) is 2.14. The maximum atomic E-state index is 12.4. The van der Waals surface area contributed by atoms with Crippen LogP contribution in [0, 0.1) is 0 Å². The highest BCUT2D eigenvalue weighted by Crippen LogP contribution is 2.37. The van der Waals surface area contributed by atoms with E-state index in [1.807, 2.05) is 12.1 Å². The fourth-order valence-corrected chi connectivity index (χ4v) is 3.16. The Morgan fingerprint density at radius 1 is 1.17 bits per heavy atom. The molecule has 0 aliphatic rings. The van der Waals surface area contributed by atoms with Crippen LogP contribution < -0.4 is 10.2 Å². The molecule has 0 radical (unpaired) electrons. The predicted octanol–water partition coefficient (Wildman–Crippen LogP) is 5.81. The van der Waals surface area contributed by atoms with Gasteiger partial charge in [0, 0.05) is 17.7 Å². The summed E-state index contributed by atoms with van der Waals surface area (Å²) < 4.78 is 6.29. The highest BCUT2D eigenvalue weighted by atomic mass is 28.4. The number of hydrogen-bond acceptors (Lipinski definition) is 3. The van der Waals surface area contributed by atoms with Gasteiger partial charge in [0.05, 0.1) is 0 Å². The van der Waals surface area contributed by atoms with Crippen molar-refractivity contribution in [2.24, 2.45) is 0 Å². The molecule has 0 fully saturated rings. The van der Waals surface area contributed by atoms with Crippen molar-refractivity contribution in [2.45, 2.75) is 77.9 Å². The SMILES string of the molecule is CCCCCCC(=O)c1cc(O[Si](C)(C)C(C)(C)C)ccc1N. The molecule has 0 amide bonds. The molecule has 0 atom stereocenters. The highest BCUT2D eigenvalue weighted by molar-refractivity contribution is 6.74. The first-order valence-electron chi connectivity index (χ1n) is 8.70. The Balaban J connectivity index is 2.85. The predicted molar refractivity (Wildman–Crippen MR) is 102 cm³/mol. The van der Waals surface area contributed by atoms with Crippen LogP contribution in [0.1, 0.15) is 70.2 Å². The van der Waals surface area contributed by atoms with Gasteiger partial charge in [-0.15, -0.1) is 0 Å². The number of unbranched alkanes of at least 4 members (excludes halogenated alkanes) is 3. The van der Waals surface area contributed by atoms with Gasteiger partial charge in [-0.05, 0) is 42.8 Å². The molecule has 0 spiro atoms. The van der Waals surface area contributed by atoms with Gasteiger partial charge in [-0.3, -0.25) is 4.79 Å². The molecule has 0 aliphatic heterocycles. The lowest BCUT2D eigenvalue weighted by Crippen LogP contribution is -2.43. The van der Waals surface area contributed by atoms with Gasteiger partial charge in [-0.2, -0.15) is 0 Å². The summed E-state index contributed by atoms with van der Waals surface area (Å²) in [5.41, 5.74) is 7.16. The van der Waals surface area contributed by atoms with E-state index < -0.39 is 8.32 Å². The first-order chi connectivity index (χ1) is 10.6. The van der Waals surface area contributed by atoms with E-state index >= 15 is 0 Å². The van der Waals surface area contributed by atoms with Crippen molar-refractivity contribution in [3.05, 3.63) is 23.8 Å². The minimum Gasteiger partial charge on any atom is -0.543 e. The third kappa shape index (κ3) is 5.68. The van der Waals surface area contributed by atoms with Crippen LogP contribution in [-0.4, -0.2) is 14.1 Å². The van der Waals surface area contributed by atoms with Gasteiger partial charge < -0.3 is 10.2 Å². The monoisotopic (exact) mass is 335 g/mol. The Morgan fingerprint density at radius 2 is 1.83 bits per heavy atom. The number of Topliss-reactive ketones (excluding diaryl/α,β-unsaturated/α-hetero) is 1. The molecule has 0 unspecified atom stereocenters. The third-order valence-corrected chi connectivity index (χ3v) is 9.12. The number of benzene rings is 1. The van der Waals surface area contributed by atoms with Crippen LogP contribution in [0.5, 0.6) is 5.75 Å². The zero-order valence-corrected chi connectivity index (χ0v) is 16.7. The van der Waals surface area contributed by atoms with Crippen LogP contribution in [0.4, 0.5) is 5.69 Å². The average molecular weight is 336 g/mol. The highest BCUT2D eigenvalue weighted by Gasteiger charge is 2.39. The fraction of sp³-hybridized carbons (Fsp3) is 0.632. The van der Waals surface area contributed by atoms with Gasteiger partial charge in [-0.25, -0.2) is 0 Å². The van der Waals surface area contributed by atoms with Crippen LogP contribution in [0.3, 0.4) is 0 Å². The Kier molecular flexibility index (Phi) is 6.87. The molecule has 1 rings (SSSR count). The molecule has 0 saturated heterocycles. The number of carbonyl (C=O) groups is 1. The summed E-state index contributed by atoms with van der Waals surface area (Å²) >= 11 is 0. The molecule has 2 N–H and O–H groups in total. The average Bonchev–Trinajstić information content (AvgIpc) is 2.44. The zero-order chi connectivity index (χ0) is 17.7. The van der Waals surface area contributed by atoms with Gasteiger partial charge in [0.15, 0.2) is 5.78 Å². The minimum atomic E-state index is -1.91. The normalized spacial score (nSPS) is 12.3. The van der Waals surface area contributed by atoms with Gasteiger partial charge in [0.2, 0.25) is 8.32 Å². The summed E-state index contributed by atoms with van der Waals surface area (Å²) in [5, 5.41) is 0.124. The second kappa shape index (κ2) is 8.00. The van der Waals surface area contributed by atoms with Crippen molar-refractivity contribution in [3.63, 3.8) is 0 Å². The first-order valence-corrected chi connectivity index (χ1v) is 11.6. The van der Waals surface area contributed by atoms with E-state index in [4.69, 9.17) is 10.2 Å². The lowest BCUT2D eigenvalue weighted by atomic mass is 10.0. The van der Waals surface area contributed by atoms with Crippen molar-refractivity contribution in [3.8, 4) is 5.75 Å². The van der Waals surface area contributed by atoms with Crippen LogP contribution >= 0.6 is 0 Å². The molecular formula is C19H33NO2Si. The smallest absolute Gasteiger partial charge is 0.250 e. The van der Waals surface area contributed by atoms with E-state index in [2.05, 4.69) is 40.8 Å². The van der Waals surface area contributed by atoms with Gasteiger partial charge in [0.25, 0.3) is 0 Å². The summed E-state index contributed by atoms with van der Waals surface area (Å²) in [5.74, 6) is 0.891. The van der Waals surface area contributed by atoms with E-state index in [-0.39, 0.29) is 10.8 Å². The summed E-state index contributed by atoms with van der Waals surface area (Å²) in [6.45, 7) is 13.2. The second-order valence-electron chi connectivity index (χ2n) is 7.85. The molecule has 1 aromatic rings. The molecule has 0 saturated carbocycles. The van der Waals surface area contributed by atoms with Crippen LogP contribution in [0.2, 0.25) is 18.1 Å². The van der Waals surface area contributed by atoms with E-state index in [1.54, 1.807) is 6.07 Å². The van der Waals surface area contributed by atoms with Crippen molar-refractivity contribution >= 4 is 19.8 Å². The molecule has 0 bridgehead atoms. The standard InChI is InChI=1S/C19H33NO2Si/c1-7-8-9-10-11-18(21)16-14-15(12-13-17(16)20)22-23(5,6)19(2,3)4/h12-14H,7-11,20H2,1-6H3. The van der Waals surface area contributed by atoms with E-state index in [9.17, 15) is 4.79 Å². The molecule has 0 heterocycles. The van der Waals surface area contributed by atoms with Crippen molar-refractivity contribution in [1.82, 2.24) is 0 Å². The van der Waals surface area contributed by atoms with Crippen molar-refractivity contribution < 1.29 is 9.22 Å². The maximum absolute atomic E-state index is 12.4. The Bertz CT molecular complexity index is 533. The first kappa shape index (κ1) is 19.8. The lowest BCUT2D eigenvalue weighted by Gasteiger charge is -2.36. The number of nitrogen functional groups attached to an aromatic ring is 1. The summed E-state index contributed by atoms with van der Waals surface area (Å²) in [4.78, 5) is 12.4. The van der Waals surface area contributed by atoms with Gasteiger partial charge >= 0.3 is 0 Å². The number of anilines is 1. The van der Waals surface area contributed by atoms with E-state index in [0.717, 1.165) is 18.6 Å². The Labute approximate surface area is 142 Å². The second-order valence-corrected chi connectivity index (χ2v) is 12.6. The van der Waals surface area contributed by atoms with Crippen molar-refractivity contribution in [2.75, 3.05) is 5.73 Å². The van der Waals surface area contributed by atoms with Crippen LogP contribution in [-0.2, 0) is 0 Å². The Morgan fingerprint density at radius 3 is 2.39 bits per heavy atom. The number of rotatable bonds is 8. The van der Waals surface area contributed by atoms with Gasteiger partial charge in [0.1, 0.15) is 5.75 Å². The number of ketones is 1. The molecule has 130 valence electrons. The Hall–Kier alpha value is -1.29. The minimum absolute atomic E-state index is 0.124. The molecule has 3 nitrogen and oxygen atoms in total. The zero-order valence-electron chi connectivity index (χ0n) is 15.7. The lowest BCUT2D eigenvalue weighted by molar-refractivity contribution is 0.0979.